The number of sulfone groups is 1. The van der Waals surface area contributed by atoms with Gasteiger partial charge in [-0.1, -0.05) is 26.0 Å². The van der Waals surface area contributed by atoms with Crippen LogP contribution in [0.25, 0.3) is 16.6 Å². The van der Waals surface area contributed by atoms with Crippen molar-refractivity contribution in [2.75, 3.05) is 18.8 Å². The normalized spacial score (nSPS) is 26.1. The smallest absolute Gasteiger partial charge is 0.157 e. The highest BCUT2D eigenvalue weighted by Gasteiger charge is 2.34. The summed E-state index contributed by atoms with van der Waals surface area (Å²) in [6.45, 7) is 6.76. The summed E-state index contributed by atoms with van der Waals surface area (Å²) in [6, 6.07) is 6.00. The Morgan fingerprint density at radius 3 is 2.64 bits per heavy atom. The number of likely N-dealkylation sites (tertiary alicyclic amines) is 1. The number of rotatable bonds is 3. The maximum absolute atomic E-state index is 12.4. The van der Waals surface area contributed by atoms with E-state index in [1.807, 2.05) is 29.1 Å². The van der Waals surface area contributed by atoms with Crippen molar-refractivity contribution in [2.45, 2.75) is 44.8 Å². The van der Waals surface area contributed by atoms with Gasteiger partial charge >= 0.3 is 0 Å². The van der Waals surface area contributed by atoms with Crippen LogP contribution >= 0.6 is 0 Å². The molecule has 0 bridgehead atoms. The van der Waals surface area contributed by atoms with Crippen LogP contribution in [-0.4, -0.2) is 41.9 Å². The van der Waals surface area contributed by atoms with Crippen molar-refractivity contribution in [3.05, 3.63) is 47.8 Å². The van der Waals surface area contributed by atoms with Gasteiger partial charge < -0.3 is 4.90 Å². The molecule has 5 rings (SSSR count). The molecule has 1 aromatic carbocycles. The lowest BCUT2D eigenvalue weighted by Gasteiger charge is -2.29. The zero-order valence-corrected chi connectivity index (χ0v) is 17.4. The Balaban J connectivity index is 1.57. The molecule has 3 heterocycles. The Bertz CT molecular complexity index is 1100. The van der Waals surface area contributed by atoms with E-state index in [1.54, 1.807) is 0 Å². The summed E-state index contributed by atoms with van der Waals surface area (Å²) in [7, 11) is -3.03. The van der Waals surface area contributed by atoms with Gasteiger partial charge in [-0.3, -0.25) is 0 Å². The molecule has 5 nitrogen and oxygen atoms in total. The van der Waals surface area contributed by atoms with Crippen LogP contribution in [-0.2, 0) is 9.84 Å². The summed E-state index contributed by atoms with van der Waals surface area (Å²) in [5.74, 6) is 0.302. The molecule has 2 saturated heterocycles. The minimum atomic E-state index is -3.03. The maximum atomic E-state index is 12.4. The van der Waals surface area contributed by atoms with Gasteiger partial charge in [-0.05, 0) is 49.5 Å². The third kappa shape index (κ3) is 2.81. The van der Waals surface area contributed by atoms with Gasteiger partial charge in [-0.15, -0.1) is 0 Å². The molecule has 1 aromatic heterocycles. The molecule has 0 N–H and O–H groups in total. The van der Waals surface area contributed by atoms with Crippen molar-refractivity contribution in [1.29, 1.82) is 0 Å². The van der Waals surface area contributed by atoms with Crippen molar-refractivity contribution in [3.63, 3.8) is 0 Å². The van der Waals surface area contributed by atoms with Crippen molar-refractivity contribution in [3.8, 4) is 0 Å². The molecule has 1 unspecified atom stereocenters. The van der Waals surface area contributed by atoms with Crippen LogP contribution in [0.2, 0.25) is 0 Å². The molecule has 1 atom stereocenters. The zero-order chi connectivity index (χ0) is 19.5. The van der Waals surface area contributed by atoms with Crippen molar-refractivity contribution >= 4 is 26.4 Å². The van der Waals surface area contributed by atoms with E-state index < -0.39 is 9.84 Å². The Hall–Kier alpha value is -2.08. The first kappa shape index (κ1) is 18.0. The molecule has 0 radical (unpaired) electrons. The molecule has 0 saturated carbocycles. The molecule has 148 valence electrons. The number of fused-ring (bicyclic) bond motifs is 1. The summed E-state index contributed by atoms with van der Waals surface area (Å²) < 4.78 is 26.8. The maximum Gasteiger partial charge on any atom is 0.157 e. The molecule has 2 aromatic rings. The van der Waals surface area contributed by atoms with E-state index in [1.165, 1.54) is 18.5 Å². The SMILES string of the molecule is CC1(C)C=C(n2ncc3ccc(C4CCCS4(=O)=O)cc32)C=C1N1CCCC1. The molecule has 6 heteroatoms. The second kappa shape index (κ2) is 6.21. The van der Waals surface area contributed by atoms with Gasteiger partial charge in [0.1, 0.15) is 0 Å². The number of benzene rings is 1. The second-order valence-corrected chi connectivity index (χ2v) is 11.2. The molecule has 0 amide bonds. The lowest BCUT2D eigenvalue weighted by atomic mass is 9.91. The quantitative estimate of drug-likeness (QED) is 0.781. The average molecular weight is 398 g/mol. The van der Waals surface area contributed by atoms with Gasteiger partial charge in [-0.2, -0.15) is 5.10 Å². The van der Waals surface area contributed by atoms with Crippen molar-refractivity contribution in [1.82, 2.24) is 14.7 Å². The number of hydrogen-bond acceptors (Lipinski definition) is 4. The Labute approximate surface area is 166 Å². The highest BCUT2D eigenvalue weighted by Crippen LogP contribution is 2.42. The molecule has 2 fully saturated rings. The van der Waals surface area contributed by atoms with Crippen LogP contribution in [0.4, 0.5) is 0 Å². The largest absolute Gasteiger partial charge is 0.374 e. The summed E-state index contributed by atoms with van der Waals surface area (Å²) in [5.41, 5.74) is 4.30. The van der Waals surface area contributed by atoms with Crippen molar-refractivity contribution < 1.29 is 8.42 Å². The summed E-state index contributed by atoms with van der Waals surface area (Å²) in [5, 5.41) is 5.32. The van der Waals surface area contributed by atoms with Crippen LogP contribution in [0, 0.1) is 5.41 Å². The van der Waals surface area contributed by atoms with E-state index in [2.05, 4.69) is 36.0 Å². The first-order chi connectivity index (χ1) is 13.4. The number of nitrogens with zero attached hydrogens (tertiary/aromatic N) is 3. The first-order valence-corrected chi connectivity index (χ1v) is 12.0. The standard InChI is InChI=1S/C22H27N3O2S/c1-22(2)14-18(13-21(22)24-9-3-4-10-24)25-19-12-16(7-8-17(19)15-23-25)20-6-5-11-28(20,26)27/h7-8,12-15,20H,3-6,9-11H2,1-2H3. The molecular weight excluding hydrogens is 370 g/mol. The van der Waals surface area contributed by atoms with Crippen LogP contribution in [0.5, 0.6) is 0 Å². The molecule has 0 spiro atoms. The molecule has 2 aliphatic heterocycles. The summed E-state index contributed by atoms with van der Waals surface area (Å²) in [4.78, 5) is 2.49. The predicted molar refractivity (Wildman–Crippen MR) is 112 cm³/mol. The molecular formula is C22H27N3O2S. The average Bonchev–Trinajstić information content (AvgIpc) is 3.39. The van der Waals surface area contributed by atoms with Crippen LogP contribution in [0.15, 0.2) is 42.2 Å². The fraction of sp³-hybridized carbons (Fsp3) is 0.500. The van der Waals surface area contributed by atoms with Gasteiger partial charge in [0.15, 0.2) is 9.84 Å². The lowest BCUT2D eigenvalue weighted by molar-refractivity contribution is 0.342. The monoisotopic (exact) mass is 397 g/mol. The van der Waals surface area contributed by atoms with Gasteiger partial charge in [0.2, 0.25) is 0 Å². The predicted octanol–water partition coefficient (Wildman–Crippen LogP) is 4.15. The van der Waals surface area contributed by atoms with Crippen LogP contribution in [0.3, 0.4) is 0 Å². The fourth-order valence-electron chi connectivity index (χ4n) is 5.00. The van der Waals surface area contributed by atoms with E-state index in [-0.39, 0.29) is 10.7 Å². The van der Waals surface area contributed by atoms with Gasteiger partial charge in [0.25, 0.3) is 0 Å². The van der Waals surface area contributed by atoms with E-state index >= 15 is 0 Å². The first-order valence-electron chi connectivity index (χ1n) is 10.2. The summed E-state index contributed by atoms with van der Waals surface area (Å²) >= 11 is 0. The zero-order valence-electron chi connectivity index (χ0n) is 16.6. The number of aromatic nitrogens is 2. The Kier molecular flexibility index (Phi) is 3.99. The second-order valence-electron chi connectivity index (χ2n) is 8.89. The van der Waals surface area contributed by atoms with Crippen molar-refractivity contribution in [2.24, 2.45) is 5.41 Å². The lowest BCUT2D eigenvalue weighted by Crippen LogP contribution is -2.26. The minimum Gasteiger partial charge on any atom is -0.374 e. The Morgan fingerprint density at radius 1 is 1.14 bits per heavy atom. The third-order valence-corrected chi connectivity index (χ3v) is 8.67. The fourth-order valence-corrected chi connectivity index (χ4v) is 6.94. The molecule has 3 aliphatic rings. The number of hydrogen-bond donors (Lipinski definition) is 0. The van der Waals surface area contributed by atoms with E-state index in [4.69, 9.17) is 0 Å². The van der Waals surface area contributed by atoms with Gasteiger partial charge in [0.05, 0.1) is 28.4 Å². The molecule has 28 heavy (non-hydrogen) atoms. The summed E-state index contributed by atoms with van der Waals surface area (Å²) in [6.07, 6.45) is 10.4. The highest BCUT2D eigenvalue weighted by atomic mass is 32.2. The van der Waals surface area contributed by atoms with E-state index in [0.29, 0.717) is 5.75 Å². The van der Waals surface area contributed by atoms with Gasteiger partial charge in [0, 0.05) is 29.6 Å². The Morgan fingerprint density at radius 2 is 1.93 bits per heavy atom. The van der Waals surface area contributed by atoms with Gasteiger partial charge in [-0.25, -0.2) is 13.1 Å². The van der Waals surface area contributed by atoms with Crippen LogP contribution in [0.1, 0.15) is 50.3 Å². The number of allylic oxidation sites excluding steroid dienone is 3. The van der Waals surface area contributed by atoms with E-state index in [0.717, 1.165) is 48.1 Å². The highest BCUT2D eigenvalue weighted by molar-refractivity contribution is 7.91. The minimum absolute atomic E-state index is 0.0235. The topological polar surface area (TPSA) is 55.2 Å². The third-order valence-electron chi connectivity index (χ3n) is 6.44. The van der Waals surface area contributed by atoms with Crippen LogP contribution < -0.4 is 0 Å². The molecule has 1 aliphatic carbocycles. The van der Waals surface area contributed by atoms with E-state index in [9.17, 15) is 8.42 Å².